The van der Waals surface area contributed by atoms with Crippen molar-refractivity contribution >= 4 is 23.2 Å². The minimum absolute atomic E-state index is 0.000762. The summed E-state index contributed by atoms with van der Waals surface area (Å²) >= 11 is 0. The molecule has 0 aliphatic carbocycles. The van der Waals surface area contributed by atoms with Crippen molar-refractivity contribution in [1.82, 2.24) is 0 Å². The molecule has 0 atom stereocenters. The van der Waals surface area contributed by atoms with Crippen LogP contribution in [0.2, 0.25) is 0 Å². The maximum absolute atomic E-state index is 11.8. The van der Waals surface area contributed by atoms with Crippen molar-refractivity contribution in [2.45, 2.75) is 41.0 Å². The quantitative estimate of drug-likeness (QED) is 0.877. The second-order valence-corrected chi connectivity index (χ2v) is 6.00. The van der Waals surface area contributed by atoms with Crippen LogP contribution in [-0.4, -0.2) is 11.8 Å². The zero-order valence-electron chi connectivity index (χ0n) is 12.3. The number of carbonyl (C=O) groups excluding carboxylic acids is 2. The number of benzene rings is 1. The fourth-order valence-electron chi connectivity index (χ4n) is 1.76. The highest BCUT2D eigenvalue weighted by Crippen LogP contribution is 2.22. The van der Waals surface area contributed by atoms with Gasteiger partial charge in [-0.25, -0.2) is 0 Å². The van der Waals surface area contributed by atoms with Gasteiger partial charge in [-0.1, -0.05) is 20.8 Å². The molecule has 0 radical (unpaired) electrons. The van der Waals surface area contributed by atoms with Gasteiger partial charge in [-0.2, -0.15) is 0 Å². The molecular weight excluding hydrogens is 240 g/mol. The third kappa shape index (κ3) is 5.55. The van der Waals surface area contributed by atoms with E-state index in [1.807, 2.05) is 33.8 Å². The Morgan fingerprint density at radius 1 is 1.16 bits per heavy atom. The first kappa shape index (κ1) is 15.2. The van der Waals surface area contributed by atoms with Crippen LogP contribution in [0, 0.1) is 12.3 Å². The van der Waals surface area contributed by atoms with Crippen LogP contribution in [-0.2, 0) is 9.59 Å². The predicted molar refractivity (Wildman–Crippen MR) is 78.2 cm³/mol. The molecule has 104 valence electrons. The molecule has 1 aromatic rings. The van der Waals surface area contributed by atoms with Crippen LogP contribution in [0.1, 0.15) is 39.7 Å². The first-order chi connectivity index (χ1) is 8.67. The molecule has 19 heavy (non-hydrogen) atoms. The zero-order chi connectivity index (χ0) is 14.6. The largest absolute Gasteiger partial charge is 0.326 e. The second kappa shape index (κ2) is 5.87. The summed E-state index contributed by atoms with van der Waals surface area (Å²) in [5.74, 6) is -0.105. The van der Waals surface area contributed by atoms with E-state index in [-0.39, 0.29) is 17.2 Å². The van der Waals surface area contributed by atoms with Gasteiger partial charge in [-0.15, -0.1) is 0 Å². The van der Waals surface area contributed by atoms with Gasteiger partial charge in [-0.3, -0.25) is 9.59 Å². The van der Waals surface area contributed by atoms with E-state index in [4.69, 9.17) is 0 Å². The molecule has 0 saturated carbocycles. The van der Waals surface area contributed by atoms with Crippen molar-refractivity contribution < 1.29 is 9.59 Å². The molecule has 0 aromatic heterocycles. The Morgan fingerprint density at radius 2 is 1.79 bits per heavy atom. The molecular formula is C15H22N2O2. The first-order valence-electron chi connectivity index (χ1n) is 6.35. The van der Waals surface area contributed by atoms with Gasteiger partial charge in [0.15, 0.2) is 0 Å². The Balaban J connectivity index is 2.73. The number of amides is 2. The Morgan fingerprint density at radius 3 is 2.26 bits per heavy atom. The fraction of sp³-hybridized carbons (Fsp3) is 0.467. The van der Waals surface area contributed by atoms with E-state index >= 15 is 0 Å². The number of nitrogens with one attached hydrogen (secondary N) is 2. The highest BCUT2D eigenvalue weighted by molar-refractivity contribution is 5.93. The molecule has 0 heterocycles. The number of hydrogen-bond donors (Lipinski definition) is 2. The lowest BCUT2D eigenvalue weighted by Crippen LogP contribution is -2.19. The topological polar surface area (TPSA) is 58.2 Å². The SMILES string of the molecule is CC(=O)Nc1ccc(NC(=O)CC(C)(C)C)cc1C. The van der Waals surface area contributed by atoms with Crippen molar-refractivity contribution in [3.8, 4) is 0 Å². The zero-order valence-corrected chi connectivity index (χ0v) is 12.3. The third-order valence-electron chi connectivity index (χ3n) is 2.51. The summed E-state index contributed by atoms with van der Waals surface area (Å²) < 4.78 is 0. The van der Waals surface area contributed by atoms with Crippen molar-refractivity contribution in [1.29, 1.82) is 0 Å². The van der Waals surface area contributed by atoms with E-state index < -0.39 is 0 Å². The van der Waals surface area contributed by atoms with Crippen LogP contribution in [0.15, 0.2) is 18.2 Å². The molecule has 0 bridgehead atoms. The first-order valence-corrected chi connectivity index (χ1v) is 6.35. The Labute approximate surface area is 114 Å². The monoisotopic (exact) mass is 262 g/mol. The van der Waals surface area contributed by atoms with E-state index in [0.717, 1.165) is 16.9 Å². The molecule has 0 spiro atoms. The molecule has 1 aromatic carbocycles. The van der Waals surface area contributed by atoms with Crippen molar-refractivity contribution in [2.24, 2.45) is 5.41 Å². The van der Waals surface area contributed by atoms with E-state index in [9.17, 15) is 9.59 Å². The van der Waals surface area contributed by atoms with Gasteiger partial charge in [0, 0.05) is 24.7 Å². The Hall–Kier alpha value is -1.84. The van der Waals surface area contributed by atoms with Crippen LogP contribution in [0.3, 0.4) is 0 Å². The van der Waals surface area contributed by atoms with Gasteiger partial charge >= 0.3 is 0 Å². The van der Waals surface area contributed by atoms with Crippen molar-refractivity contribution in [2.75, 3.05) is 10.6 Å². The van der Waals surface area contributed by atoms with Crippen LogP contribution in [0.5, 0.6) is 0 Å². The van der Waals surface area contributed by atoms with Crippen molar-refractivity contribution in [3.05, 3.63) is 23.8 Å². The number of hydrogen-bond acceptors (Lipinski definition) is 2. The molecule has 0 unspecified atom stereocenters. The van der Waals surface area contributed by atoms with Crippen LogP contribution >= 0.6 is 0 Å². The second-order valence-electron chi connectivity index (χ2n) is 6.00. The van der Waals surface area contributed by atoms with Crippen molar-refractivity contribution in [3.63, 3.8) is 0 Å². The average Bonchev–Trinajstić information content (AvgIpc) is 2.18. The molecule has 4 heteroatoms. The maximum Gasteiger partial charge on any atom is 0.224 e. The maximum atomic E-state index is 11.8. The van der Waals surface area contributed by atoms with E-state index in [2.05, 4.69) is 10.6 Å². The van der Waals surface area contributed by atoms with Gasteiger partial charge in [0.05, 0.1) is 0 Å². The highest BCUT2D eigenvalue weighted by atomic mass is 16.2. The van der Waals surface area contributed by atoms with Gasteiger partial charge in [0.2, 0.25) is 11.8 Å². The van der Waals surface area contributed by atoms with Gasteiger partial charge in [0.25, 0.3) is 0 Å². The smallest absolute Gasteiger partial charge is 0.224 e. The molecule has 4 nitrogen and oxygen atoms in total. The van der Waals surface area contributed by atoms with Crippen LogP contribution < -0.4 is 10.6 Å². The molecule has 2 N–H and O–H groups in total. The van der Waals surface area contributed by atoms with E-state index in [1.54, 1.807) is 12.1 Å². The molecule has 1 rings (SSSR count). The minimum atomic E-state index is -0.104. The Kier molecular flexibility index (Phi) is 4.70. The average molecular weight is 262 g/mol. The normalized spacial score (nSPS) is 11.0. The fourth-order valence-corrected chi connectivity index (χ4v) is 1.76. The molecule has 0 aliphatic heterocycles. The summed E-state index contributed by atoms with van der Waals surface area (Å²) in [6.07, 6.45) is 0.472. The molecule has 2 amide bonds. The standard InChI is InChI=1S/C15H22N2O2/c1-10-8-12(6-7-13(10)16-11(2)18)17-14(19)9-15(3,4)5/h6-8H,9H2,1-5H3,(H,16,18)(H,17,19). The summed E-state index contributed by atoms with van der Waals surface area (Å²) in [6.45, 7) is 9.44. The number of anilines is 2. The number of aryl methyl sites for hydroxylation is 1. The summed E-state index contributed by atoms with van der Waals surface area (Å²) in [7, 11) is 0. The van der Waals surface area contributed by atoms with E-state index in [0.29, 0.717) is 6.42 Å². The predicted octanol–water partition coefficient (Wildman–Crippen LogP) is 3.33. The summed E-state index contributed by atoms with van der Waals surface area (Å²) in [6, 6.07) is 5.44. The number of carbonyl (C=O) groups is 2. The lowest BCUT2D eigenvalue weighted by atomic mass is 9.92. The lowest BCUT2D eigenvalue weighted by Gasteiger charge is -2.17. The van der Waals surface area contributed by atoms with Gasteiger partial charge < -0.3 is 10.6 Å². The van der Waals surface area contributed by atoms with E-state index in [1.165, 1.54) is 6.92 Å². The third-order valence-corrected chi connectivity index (χ3v) is 2.51. The molecule has 0 fully saturated rings. The van der Waals surface area contributed by atoms with Crippen LogP contribution in [0.25, 0.3) is 0 Å². The summed E-state index contributed by atoms with van der Waals surface area (Å²) in [5.41, 5.74) is 2.40. The van der Waals surface area contributed by atoms with Gasteiger partial charge in [0.1, 0.15) is 0 Å². The molecule has 0 aliphatic rings. The minimum Gasteiger partial charge on any atom is -0.326 e. The van der Waals surface area contributed by atoms with Gasteiger partial charge in [-0.05, 0) is 36.1 Å². The van der Waals surface area contributed by atoms with Crippen LogP contribution in [0.4, 0.5) is 11.4 Å². The summed E-state index contributed by atoms with van der Waals surface area (Å²) in [4.78, 5) is 22.8. The number of rotatable bonds is 3. The summed E-state index contributed by atoms with van der Waals surface area (Å²) in [5, 5.41) is 5.61. The Bertz CT molecular complexity index is 487. The molecule has 0 saturated heterocycles. The highest BCUT2D eigenvalue weighted by Gasteiger charge is 2.16. The lowest BCUT2D eigenvalue weighted by molar-refractivity contribution is -0.118.